The number of thioether (sulfide) groups is 1. The van der Waals surface area contributed by atoms with E-state index in [1.54, 1.807) is 0 Å². The third-order valence-electron chi connectivity index (χ3n) is 3.12. The Morgan fingerprint density at radius 2 is 1.64 bits per heavy atom. The third kappa shape index (κ3) is 6.84. The van der Waals surface area contributed by atoms with Crippen LogP contribution < -0.4 is 15.6 Å². The molecule has 0 saturated heterocycles. The Morgan fingerprint density at radius 3 is 2.28 bits per heavy atom. The van der Waals surface area contributed by atoms with Gasteiger partial charge in [0.2, 0.25) is 11.8 Å². The van der Waals surface area contributed by atoms with Crippen molar-refractivity contribution in [1.82, 2.24) is 10.9 Å². The quantitative estimate of drug-likeness (QED) is 0.587. The molecular formula is C18H19FN2O3S. The molecule has 2 N–H and O–H groups in total. The zero-order valence-corrected chi connectivity index (χ0v) is 14.6. The lowest BCUT2D eigenvalue weighted by Crippen LogP contribution is -2.43. The predicted octanol–water partition coefficient (Wildman–Crippen LogP) is 2.71. The third-order valence-corrected chi connectivity index (χ3v) is 4.14. The minimum absolute atomic E-state index is 0.0621. The molecule has 0 unspecified atom stereocenters. The van der Waals surface area contributed by atoms with Crippen LogP contribution in [0.3, 0.4) is 0 Å². The first-order valence-electron chi connectivity index (χ1n) is 7.74. The number of amides is 2. The second-order valence-corrected chi connectivity index (χ2v) is 6.14. The highest BCUT2D eigenvalue weighted by molar-refractivity contribution is 8.00. The molecule has 7 heteroatoms. The average Bonchev–Trinajstić information content (AvgIpc) is 2.61. The van der Waals surface area contributed by atoms with Crippen molar-refractivity contribution in [3.63, 3.8) is 0 Å². The minimum atomic E-state index is -0.369. The summed E-state index contributed by atoms with van der Waals surface area (Å²) in [7, 11) is 0. The number of ether oxygens (including phenoxy) is 1. The predicted molar refractivity (Wildman–Crippen MR) is 94.7 cm³/mol. The van der Waals surface area contributed by atoms with Crippen molar-refractivity contribution in [3.05, 3.63) is 59.9 Å². The van der Waals surface area contributed by atoms with Gasteiger partial charge in [0.1, 0.15) is 11.6 Å². The Hall–Kier alpha value is -2.54. The van der Waals surface area contributed by atoms with E-state index in [-0.39, 0.29) is 29.8 Å². The van der Waals surface area contributed by atoms with Gasteiger partial charge in [0.05, 0.1) is 18.8 Å². The van der Waals surface area contributed by atoms with Gasteiger partial charge in [0, 0.05) is 4.90 Å². The monoisotopic (exact) mass is 362 g/mol. The van der Waals surface area contributed by atoms with Crippen LogP contribution in [0.2, 0.25) is 0 Å². The topological polar surface area (TPSA) is 67.4 Å². The largest absolute Gasteiger partial charge is 0.494 e. The highest BCUT2D eigenvalue weighted by atomic mass is 32.2. The van der Waals surface area contributed by atoms with Crippen LogP contribution in [0.4, 0.5) is 4.39 Å². The lowest BCUT2D eigenvalue weighted by Gasteiger charge is -2.08. The first-order valence-corrected chi connectivity index (χ1v) is 8.73. The molecule has 0 spiro atoms. The second-order valence-electron chi connectivity index (χ2n) is 5.09. The number of nitrogens with one attached hydrogen (secondary N) is 2. The van der Waals surface area contributed by atoms with Gasteiger partial charge in [0.25, 0.3) is 0 Å². The molecule has 0 aliphatic heterocycles. The van der Waals surface area contributed by atoms with Gasteiger partial charge in [-0.2, -0.15) is 0 Å². The Balaban J connectivity index is 1.69. The standard InChI is InChI=1S/C18H19FN2O3S/c1-2-24-15-7-9-16(10-8-15)25-12-18(23)21-20-17(22)11-13-3-5-14(19)6-4-13/h3-10H,2,11-12H2,1H3,(H,20,22)(H,21,23). The normalized spacial score (nSPS) is 10.2. The van der Waals surface area contributed by atoms with E-state index in [0.717, 1.165) is 10.6 Å². The van der Waals surface area contributed by atoms with Crippen molar-refractivity contribution < 1.29 is 18.7 Å². The lowest BCUT2D eigenvalue weighted by atomic mass is 10.1. The maximum Gasteiger partial charge on any atom is 0.248 e. The van der Waals surface area contributed by atoms with Crippen LogP contribution in [-0.2, 0) is 16.0 Å². The molecule has 0 aliphatic rings. The van der Waals surface area contributed by atoms with Gasteiger partial charge in [-0.25, -0.2) is 4.39 Å². The molecule has 0 aromatic heterocycles. The highest BCUT2D eigenvalue weighted by Gasteiger charge is 2.07. The van der Waals surface area contributed by atoms with E-state index in [2.05, 4.69) is 10.9 Å². The van der Waals surface area contributed by atoms with Crippen molar-refractivity contribution in [1.29, 1.82) is 0 Å². The fourth-order valence-corrected chi connectivity index (χ4v) is 2.65. The lowest BCUT2D eigenvalue weighted by molar-refractivity contribution is -0.127. The number of hydrazine groups is 1. The summed E-state index contributed by atoms with van der Waals surface area (Å²) in [5, 5.41) is 0. The molecule has 2 amide bonds. The summed E-state index contributed by atoms with van der Waals surface area (Å²) in [4.78, 5) is 24.4. The second kappa shape index (κ2) is 9.68. The fraction of sp³-hybridized carbons (Fsp3) is 0.222. The number of hydrogen-bond acceptors (Lipinski definition) is 4. The van der Waals surface area contributed by atoms with E-state index < -0.39 is 0 Å². The summed E-state index contributed by atoms with van der Waals surface area (Å²) in [6.45, 7) is 2.52. The van der Waals surface area contributed by atoms with Crippen molar-refractivity contribution in [2.75, 3.05) is 12.4 Å². The van der Waals surface area contributed by atoms with Crippen molar-refractivity contribution in [3.8, 4) is 5.75 Å². The van der Waals surface area contributed by atoms with E-state index in [1.807, 2.05) is 31.2 Å². The molecule has 2 aromatic rings. The molecule has 5 nitrogen and oxygen atoms in total. The highest BCUT2D eigenvalue weighted by Crippen LogP contribution is 2.21. The average molecular weight is 362 g/mol. The number of hydrogen-bond donors (Lipinski definition) is 2. The molecule has 0 saturated carbocycles. The van der Waals surface area contributed by atoms with Crippen LogP contribution in [0, 0.1) is 5.82 Å². The minimum Gasteiger partial charge on any atom is -0.494 e. The molecule has 0 fully saturated rings. The van der Waals surface area contributed by atoms with Crippen LogP contribution in [0.25, 0.3) is 0 Å². The van der Waals surface area contributed by atoms with Crippen molar-refractivity contribution in [2.45, 2.75) is 18.2 Å². The molecule has 0 bridgehead atoms. The SMILES string of the molecule is CCOc1ccc(SCC(=O)NNC(=O)Cc2ccc(F)cc2)cc1. The molecule has 0 radical (unpaired) electrons. The molecular weight excluding hydrogens is 343 g/mol. The van der Waals surface area contributed by atoms with Crippen LogP contribution in [0.5, 0.6) is 5.75 Å². The van der Waals surface area contributed by atoms with Gasteiger partial charge in [-0.3, -0.25) is 20.4 Å². The van der Waals surface area contributed by atoms with E-state index in [1.165, 1.54) is 36.0 Å². The molecule has 0 aliphatic carbocycles. The van der Waals surface area contributed by atoms with E-state index in [0.29, 0.717) is 12.2 Å². The number of benzene rings is 2. The van der Waals surface area contributed by atoms with Gasteiger partial charge in [-0.1, -0.05) is 12.1 Å². The molecule has 0 atom stereocenters. The van der Waals surface area contributed by atoms with E-state index in [9.17, 15) is 14.0 Å². The van der Waals surface area contributed by atoms with Crippen molar-refractivity contribution >= 4 is 23.6 Å². The molecule has 2 rings (SSSR count). The molecule has 2 aromatic carbocycles. The summed E-state index contributed by atoms with van der Waals surface area (Å²) in [5.74, 6) is -0.0874. The van der Waals surface area contributed by atoms with Gasteiger partial charge in [0.15, 0.2) is 0 Å². The van der Waals surface area contributed by atoms with E-state index >= 15 is 0 Å². The molecule has 132 valence electrons. The first kappa shape index (κ1) is 18.8. The number of halogens is 1. The van der Waals surface area contributed by atoms with Gasteiger partial charge >= 0.3 is 0 Å². The Bertz CT molecular complexity index is 705. The smallest absolute Gasteiger partial charge is 0.248 e. The van der Waals surface area contributed by atoms with Crippen LogP contribution in [-0.4, -0.2) is 24.2 Å². The Labute approximate surface area is 149 Å². The van der Waals surface area contributed by atoms with Gasteiger partial charge < -0.3 is 4.74 Å². The first-order chi connectivity index (χ1) is 12.1. The zero-order valence-electron chi connectivity index (χ0n) is 13.8. The van der Waals surface area contributed by atoms with Crippen LogP contribution >= 0.6 is 11.8 Å². The van der Waals surface area contributed by atoms with Crippen molar-refractivity contribution in [2.24, 2.45) is 0 Å². The fourth-order valence-electron chi connectivity index (χ4n) is 1.95. The Morgan fingerprint density at radius 1 is 1.00 bits per heavy atom. The Kier molecular flexibility index (Phi) is 7.28. The molecule has 0 heterocycles. The number of rotatable bonds is 7. The van der Waals surface area contributed by atoms with Crippen LogP contribution in [0.15, 0.2) is 53.4 Å². The summed E-state index contributed by atoms with van der Waals surface area (Å²) < 4.78 is 18.1. The summed E-state index contributed by atoms with van der Waals surface area (Å²) in [6, 6.07) is 13.1. The van der Waals surface area contributed by atoms with Crippen LogP contribution in [0.1, 0.15) is 12.5 Å². The van der Waals surface area contributed by atoms with E-state index in [4.69, 9.17) is 4.74 Å². The maximum atomic E-state index is 12.8. The number of carbonyl (C=O) groups is 2. The maximum absolute atomic E-state index is 12.8. The number of carbonyl (C=O) groups excluding carboxylic acids is 2. The summed E-state index contributed by atoms with van der Waals surface area (Å²) >= 11 is 1.35. The summed E-state index contributed by atoms with van der Waals surface area (Å²) in [6.07, 6.45) is 0.0621. The molecule has 25 heavy (non-hydrogen) atoms. The van der Waals surface area contributed by atoms with Gasteiger partial charge in [-0.05, 0) is 48.9 Å². The summed E-state index contributed by atoms with van der Waals surface area (Å²) in [5.41, 5.74) is 5.36. The zero-order chi connectivity index (χ0) is 18.1. The van der Waals surface area contributed by atoms with Gasteiger partial charge in [-0.15, -0.1) is 11.8 Å².